The van der Waals surface area contributed by atoms with Crippen molar-refractivity contribution in [3.63, 3.8) is 0 Å². The Labute approximate surface area is 175 Å². The van der Waals surface area contributed by atoms with Gasteiger partial charge in [0.1, 0.15) is 11.6 Å². The van der Waals surface area contributed by atoms with Gasteiger partial charge in [-0.3, -0.25) is 14.4 Å². The molecule has 3 atom stereocenters. The van der Waals surface area contributed by atoms with Gasteiger partial charge in [-0.1, -0.05) is 18.2 Å². The van der Waals surface area contributed by atoms with Crippen LogP contribution in [0, 0.1) is 5.92 Å². The van der Waals surface area contributed by atoms with E-state index in [1.807, 2.05) is 6.07 Å². The molecule has 2 rings (SSSR count). The number of likely N-dealkylation sites (tertiary alicyclic amines) is 1. The van der Waals surface area contributed by atoms with Crippen LogP contribution in [0.2, 0.25) is 0 Å². The SMILES string of the molecule is CCOC(=O)C(CCN(C=O)c1ccccc1)[C@@](C)(N)C(=O)N1CCC[C@H]1C(=O)O. The molecule has 9 nitrogen and oxygen atoms in total. The van der Waals surface area contributed by atoms with Crippen LogP contribution < -0.4 is 10.6 Å². The van der Waals surface area contributed by atoms with Crippen LogP contribution >= 0.6 is 0 Å². The van der Waals surface area contributed by atoms with Gasteiger partial charge in [-0.15, -0.1) is 0 Å². The third kappa shape index (κ3) is 5.15. The minimum atomic E-state index is -1.68. The van der Waals surface area contributed by atoms with Crippen LogP contribution in [0.3, 0.4) is 0 Å². The molecule has 3 N–H and O–H groups in total. The number of aliphatic carboxylic acids is 1. The number of hydrogen-bond acceptors (Lipinski definition) is 6. The first-order chi connectivity index (χ1) is 14.2. The van der Waals surface area contributed by atoms with Crippen LogP contribution in [-0.2, 0) is 23.9 Å². The van der Waals surface area contributed by atoms with Crippen LogP contribution in [0.25, 0.3) is 0 Å². The van der Waals surface area contributed by atoms with Crippen molar-refractivity contribution < 1.29 is 29.0 Å². The first kappa shape index (κ1) is 23.3. The Balaban J connectivity index is 2.23. The zero-order valence-electron chi connectivity index (χ0n) is 17.3. The van der Waals surface area contributed by atoms with Crippen molar-refractivity contribution in [2.24, 2.45) is 11.7 Å². The van der Waals surface area contributed by atoms with Crippen molar-refractivity contribution in [3.8, 4) is 0 Å². The van der Waals surface area contributed by atoms with Gasteiger partial charge in [-0.25, -0.2) is 4.79 Å². The summed E-state index contributed by atoms with van der Waals surface area (Å²) in [5, 5.41) is 9.39. The minimum absolute atomic E-state index is 0.0801. The lowest BCUT2D eigenvalue weighted by atomic mass is 9.82. The Morgan fingerprint density at radius 3 is 2.60 bits per heavy atom. The molecule has 1 saturated heterocycles. The van der Waals surface area contributed by atoms with Crippen molar-refractivity contribution in [2.75, 3.05) is 24.6 Å². The van der Waals surface area contributed by atoms with E-state index in [2.05, 4.69) is 0 Å². The molecule has 0 bridgehead atoms. The second kappa shape index (κ2) is 10.2. The lowest BCUT2D eigenvalue weighted by Crippen LogP contribution is -2.61. The summed E-state index contributed by atoms with van der Waals surface area (Å²) >= 11 is 0. The number of carbonyl (C=O) groups excluding carboxylic acids is 3. The smallest absolute Gasteiger partial charge is 0.326 e. The normalized spacial score (nSPS) is 18.9. The van der Waals surface area contributed by atoms with Crippen LogP contribution in [0.4, 0.5) is 5.69 Å². The first-order valence-electron chi connectivity index (χ1n) is 10.00. The third-order valence-corrected chi connectivity index (χ3v) is 5.43. The molecule has 1 aliphatic heterocycles. The second-order valence-electron chi connectivity index (χ2n) is 7.51. The van der Waals surface area contributed by atoms with Gasteiger partial charge in [0.2, 0.25) is 12.3 Å². The third-order valence-electron chi connectivity index (χ3n) is 5.43. The average molecular weight is 419 g/mol. The van der Waals surface area contributed by atoms with Gasteiger partial charge in [0.15, 0.2) is 0 Å². The molecule has 9 heteroatoms. The number of amides is 2. The molecular formula is C21H29N3O6. The van der Waals surface area contributed by atoms with Crippen molar-refractivity contribution in [1.82, 2.24) is 4.90 Å². The summed E-state index contributed by atoms with van der Waals surface area (Å²) in [6.07, 6.45) is 1.62. The molecule has 1 aromatic rings. The molecule has 164 valence electrons. The number of carbonyl (C=O) groups is 4. The largest absolute Gasteiger partial charge is 0.480 e. The van der Waals surface area contributed by atoms with E-state index in [0.717, 1.165) is 0 Å². The number of esters is 1. The number of carboxylic acid groups (broad SMARTS) is 1. The number of rotatable bonds is 10. The van der Waals surface area contributed by atoms with Crippen molar-refractivity contribution in [3.05, 3.63) is 30.3 Å². The number of ether oxygens (including phenoxy) is 1. The highest BCUT2D eigenvalue weighted by atomic mass is 16.5. The molecule has 0 radical (unpaired) electrons. The van der Waals surface area contributed by atoms with Crippen LogP contribution in [0.15, 0.2) is 30.3 Å². The van der Waals surface area contributed by atoms with Crippen LogP contribution in [0.1, 0.15) is 33.1 Å². The van der Waals surface area contributed by atoms with Gasteiger partial charge in [-0.2, -0.15) is 0 Å². The molecule has 1 aromatic carbocycles. The predicted molar refractivity (Wildman–Crippen MR) is 110 cm³/mol. The van der Waals surface area contributed by atoms with E-state index in [0.29, 0.717) is 24.9 Å². The van der Waals surface area contributed by atoms with Gasteiger partial charge in [0.05, 0.1) is 12.5 Å². The fraction of sp³-hybridized carbons (Fsp3) is 0.524. The highest BCUT2D eigenvalue weighted by Gasteiger charge is 2.48. The summed E-state index contributed by atoms with van der Waals surface area (Å²) in [5.41, 5.74) is 5.31. The van der Waals surface area contributed by atoms with E-state index < -0.39 is 35.3 Å². The van der Waals surface area contributed by atoms with E-state index in [4.69, 9.17) is 10.5 Å². The Bertz CT molecular complexity index is 767. The van der Waals surface area contributed by atoms with E-state index in [9.17, 15) is 24.3 Å². The van der Waals surface area contributed by atoms with Crippen LogP contribution in [-0.4, -0.2) is 65.5 Å². The maximum absolute atomic E-state index is 13.2. The lowest BCUT2D eigenvalue weighted by molar-refractivity contribution is -0.158. The second-order valence-corrected chi connectivity index (χ2v) is 7.51. The Hall–Kier alpha value is -2.94. The summed E-state index contributed by atoms with van der Waals surface area (Å²) in [7, 11) is 0. The highest BCUT2D eigenvalue weighted by molar-refractivity contribution is 5.94. The lowest BCUT2D eigenvalue weighted by Gasteiger charge is -2.36. The summed E-state index contributed by atoms with van der Waals surface area (Å²) in [6.45, 7) is 3.58. The molecule has 0 aromatic heterocycles. The Morgan fingerprint density at radius 2 is 2.03 bits per heavy atom. The van der Waals surface area contributed by atoms with E-state index in [-0.39, 0.29) is 26.1 Å². The number of nitrogens with zero attached hydrogens (tertiary/aromatic N) is 2. The minimum Gasteiger partial charge on any atom is -0.480 e. The fourth-order valence-corrected chi connectivity index (χ4v) is 3.76. The average Bonchev–Trinajstić information content (AvgIpc) is 3.21. The summed E-state index contributed by atoms with van der Waals surface area (Å²) in [5.74, 6) is -3.41. The predicted octanol–water partition coefficient (Wildman–Crippen LogP) is 1.01. The molecule has 1 aliphatic rings. The molecule has 0 aliphatic carbocycles. The first-order valence-corrected chi connectivity index (χ1v) is 10.00. The number of benzene rings is 1. The van der Waals surface area contributed by atoms with Crippen molar-refractivity contribution in [2.45, 2.75) is 44.7 Å². The number of hydrogen-bond donors (Lipinski definition) is 2. The van der Waals surface area contributed by atoms with Gasteiger partial charge in [0.25, 0.3) is 0 Å². The fourth-order valence-electron chi connectivity index (χ4n) is 3.76. The highest BCUT2D eigenvalue weighted by Crippen LogP contribution is 2.28. The molecular weight excluding hydrogens is 390 g/mol. The van der Waals surface area contributed by atoms with Gasteiger partial charge in [-0.05, 0) is 45.2 Å². The van der Waals surface area contributed by atoms with Crippen LogP contribution in [0.5, 0.6) is 0 Å². The van der Waals surface area contributed by atoms with Crippen molar-refractivity contribution in [1.29, 1.82) is 0 Å². The van der Waals surface area contributed by atoms with Gasteiger partial charge >= 0.3 is 11.9 Å². The van der Waals surface area contributed by atoms with E-state index >= 15 is 0 Å². The number of anilines is 1. The maximum atomic E-state index is 13.2. The Morgan fingerprint density at radius 1 is 1.37 bits per heavy atom. The molecule has 0 saturated carbocycles. The molecule has 1 fully saturated rings. The molecule has 1 heterocycles. The molecule has 2 amide bonds. The summed E-state index contributed by atoms with van der Waals surface area (Å²) in [6, 6.07) is 7.93. The number of para-hydroxylation sites is 1. The number of nitrogens with two attached hydrogens (primary N) is 1. The molecule has 0 spiro atoms. The van der Waals surface area contributed by atoms with E-state index in [1.54, 1.807) is 31.2 Å². The Kier molecular flexibility index (Phi) is 7.93. The standard InChI is InChI=1S/C21H29N3O6/c1-3-30-19(28)16(11-13-23(14-25)15-8-5-4-6-9-15)21(2,22)20(29)24-12-7-10-17(24)18(26)27/h4-6,8-9,14,16-17H,3,7,10-13,22H2,1-2H3,(H,26,27)/t16?,17-,21+/m0/s1. The molecule has 1 unspecified atom stereocenters. The molecule has 30 heavy (non-hydrogen) atoms. The summed E-state index contributed by atoms with van der Waals surface area (Å²) in [4.78, 5) is 51.5. The number of carboxylic acids is 1. The van der Waals surface area contributed by atoms with Gasteiger partial charge in [0, 0.05) is 18.8 Å². The monoisotopic (exact) mass is 419 g/mol. The van der Waals surface area contributed by atoms with E-state index in [1.165, 1.54) is 16.7 Å². The zero-order chi connectivity index (χ0) is 22.3. The topological polar surface area (TPSA) is 130 Å². The summed E-state index contributed by atoms with van der Waals surface area (Å²) < 4.78 is 5.14. The maximum Gasteiger partial charge on any atom is 0.326 e. The quantitative estimate of drug-likeness (QED) is 0.427. The van der Waals surface area contributed by atoms with Crippen molar-refractivity contribution >= 4 is 29.9 Å². The zero-order valence-corrected chi connectivity index (χ0v) is 17.3. The van der Waals surface area contributed by atoms with Gasteiger partial charge < -0.3 is 25.4 Å².